The van der Waals surface area contributed by atoms with Crippen LogP contribution in [0.4, 0.5) is 15.8 Å². The maximum atomic E-state index is 13.2. The Morgan fingerprint density at radius 3 is 1.70 bits per heavy atom. The maximum Gasteiger partial charge on any atom is 0.261 e. The summed E-state index contributed by atoms with van der Waals surface area (Å²) in [6, 6.07) is 12.2. The average molecular weight is 510 g/mol. The minimum Gasteiger partial charge on any atom is -0.280 e. The van der Waals surface area contributed by atoms with Gasteiger partial charge in [-0.05, 0) is 60.7 Å². The van der Waals surface area contributed by atoms with Gasteiger partial charge in [-0.1, -0.05) is 34.8 Å². The number of nitrogens with one attached hydrogen (secondary N) is 2. The summed E-state index contributed by atoms with van der Waals surface area (Å²) in [5.41, 5.74) is 0.193. The molecule has 0 unspecified atom stereocenters. The number of rotatable bonds is 6. The Morgan fingerprint density at radius 2 is 1.13 bits per heavy atom. The summed E-state index contributed by atoms with van der Waals surface area (Å²) in [6.45, 7) is 0. The van der Waals surface area contributed by atoms with E-state index in [-0.39, 0.29) is 36.2 Å². The molecule has 30 heavy (non-hydrogen) atoms. The van der Waals surface area contributed by atoms with Crippen molar-refractivity contribution in [2.45, 2.75) is 9.79 Å². The average Bonchev–Trinajstić information content (AvgIpc) is 2.64. The molecule has 0 aliphatic heterocycles. The van der Waals surface area contributed by atoms with Gasteiger partial charge in [-0.15, -0.1) is 0 Å². The zero-order chi connectivity index (χ0) is 22.1. The van der Waals surface area contributed by atoms with E-state index in [0.717, 1.165) is 12.1 Å². The van der Waals surface area contributed by atoms with Gasteiger partial charge in [0.25, 0.3) is 20.0 Å². The molecule has 3 aromatic carbocycles. The van der Waals surface area contributed by atoms with Crippen LogP contribution in [0.1, 0.15) is 0 Å². The Balaban J connectivity index is 1.80. The second kappa shape index (κ2) is 8.60. The van der Waals surface area contributed by atoms with E-state index in [1.54, 1.807) is 0 Å². The molecule has 0 bridgehead atoms. The summed E-state index contributed by atoms with van der Waals surface area (Å²) < 4.78 is 67.7. The van der Waals surface area contributed by atoms with Gasteiger partial charge in [-0.2, -0.15) is 0 Å². The van der Waals surface area contributed by atoms with Crippen LogP contribution in [0.2, 0.25) is 15.1 Å². The highest BCUT2D eigenvalue weighted by atomic mass is 35.5. The topological polar surface area (TPSA) is 92.3 Å². The van der Waals surface area contributed by atoms with Gasteiger partial charge in [0, 0.05) is 15.7 Å². The van der Waals surface area contributed by atoms with Crippen molar-refractivity contribution in [3.05, 3.63) is 81.5 Å². The summed E-state index contributed by atoms with van der Waals surface area (Å²) in [6.07, 6.45) is 0. The molecule has 3 aromatic rings. The first-order valence-corrected chi connectivity index (χ1v) is 12.1. The van der Waals surface area contributed by atoms with Gasteiger partial charge < -0.3 is 0 Å². The molecule has 0 amide bonds. The van der Waals surface area contributed by atoms with Crippen molar-refractivity contribution in [1.82, 2.24) is 0 Å². The van der Waals surface area contributed by atoms with Crippen molar-refractivity contribution in [3.8, 4) is 0 Å². The Morgan fingerprint density at radius 1 is 0.633 bits per heavy atom. The first-order valence-electron chi connectivity index (χ1n) is 8.03. The predicted molar refractivity (Wildman–Crippen MR) is 116 cm³/mol. The second-order valence-corrected chi connectivity index (χ2v) is 10.6. The van der Waals surface area contributed by atoms with Crippen molar-refractivity contribution in [1.29, 1.82) is 0 Å². The molecule has 0 atom stereocenters. The van der Waals surface area contributed by atoms with Gasteiger partial charge in [0.2, 0.25) is 0 Å². The number of sulfonamides is 2. The minimum atomic E-state index is -4.01. The highest BCUT2D eigenvalue weighted by Gasteiger charge is 2.18. The third-order valence-electron chi connectivity index (χ3n) is 3.74. The maximum absolute atomic E-state index is 13.2. The second-order valence-electron chi connectivity index (χ2n) is 5.97. The van der Waals surface area contributed by atoms with Gasteiger partial charge in [0.15, 0.2) is 0 Å². The third kappa shape index (κ3) is 5.35. The summed E-state index contributed by atoms with van der Waals surface area (Å²) >= 11 is 17.3. The molecule has 6 nitrogen and oxygen atoms in total. The van der Waals surface area contributed by atoms with Crippen LogP contribution in [-0.2, 0) is 20.0 Å². The smallest absolute Gasteiger partial charge is 0.261 e. The lowest BCUT2D eigenvalue weighted by atomic mass is 10.3. The number of hydrogen-bond donors (Lipinski definition) is 2. The van der Waals surface area contributed by atoms with Crippen LogP contribution in [0, 0.1) is 5.82 Å². The molecule has 3 rings (SSSR count). The molecule has 0 spiro atoms. The van der Waals surface area contributed by atoms with Crippen LogP contribution >= 0.6 is 34.8 Å². The molecular weight excluding hydrogens is 498 g/mol. The molecule has 0 heterocycles. The monoisotopic (exact) mass is 508 g/mol. The van der Waals surface area contributed by atoms with Crippen LogP contribution in [0.25, 0.3) is 0 Å². The van der Waals surface area contributed by atoms with Crippen molar-refractivity contribution < 1.29 is 21.2 Å². The molecule has 0 saturated heterocycles. The van der Waals surface area contributed by atoms with Crippen molar-refractivity contribution >= 4 is 66.2 Å². The highest BCUT2D eigenvalue weighted by molar-refractivity contribution is 7.93. The molecule has 0 aromatic heterocycles. The molecule has 0 aliphatic rings. The van der Waals surface area contributed by atoms with Crippen LogP contribution < -0.4 is 9.44 Å². The summed E-state index contributed by atoms with van der Waals surface area (Å²) in [5, 5.41) is 0.0636. The van der Waals surface area contributed by atoms with Gasteiger partial charge >= 0.3 is 0 Å². The molecule has 158 valence electrons. The standard InChI is InChI=1S/C18H12Cl3FN2O4S2/c19-11-7-12(20)9-16(8-11)30(27,28)23-13-1-4-15(5-2-13)29(25,26)24-14-3-6-18(22)17(21)10-14/h1-10,23-24H. The van der Waals surface area contributed by atoms with Gasteiger partial charge in [0.05, 0.1) is 20.5 Å². The zero-order valence-electron chi connectivity index (χ0n) is 14.7. The van der Waals surface area contributed by atoms with Crippen molar-refractivity contribution in [3.63, 3.8) is 0 Å². The number of benzene rings is 3. The van der Waals surface area contributed by atoms with Gasteiger partial charge in [-0.25, -0.2) is 21.2 Å². The van der Waals surface area contributed by atoms with Gasteiger partial charge in [-0.3, -0.25) is 9.44 Å². The lowest BCUT2D eigenvalue weighted by molar-refractivity contribution is 0.600. The normalized spacial score (nSPS) is 11.9. The predicted octanol–water partition coefficient (Wildman–Crippen LogP) is 5.39. The molecular formula is C18H12Cl3FN2O4S2. The summed E-state index contributed by atoms with van der Waals surface area (Å²) in [4.78, 5) is -0.289. The Hall–Kier alpha value is -2.04. The van der Waals surface area contributed by atoms with E-state index in [2.05, 4.69) is 9.44 Å². The number of hydrogen-bond acceptors (Lipinski definition) is 4. The Kier molecular flexibility index (Phi) is 6.49. The van der Waals surface area contributed by atoms with Crippen molar-refractivity contribution in [2.24, 2.45) is 0 Å². The van der Waals surface area contributed by atoms with Gasteiger partial charge in [0.1, 0.15) is 5.82 Å². The first-order chi connectivity index (χ1) is 14.0. The van der Waals surface area contributed by atoms with E-state index < -0.39 is 25.9 Å². The van der Waals surface area contributed by atoms with E-state index in [1.807, 2.05) is 0 Å². The van der Waals surface area contributed by atoms with Crippen LogP contribution in [0.15, 0.2) is 70.5 Å². The molecule has 12 heteroatoms. The Bertz CT molecular complexity index is 1300. The molecule has 0 fully saturated rings. The molecule has 0 aliphatic carbocycles. The molecule has 0 radical (unpaired) electrons. The fourth-order valence-corrected chi connectivity index (χ4v) is 5.39. The van der Waals surface area contributed by atoms with E-state index >= 15 is 0 Å². The van der Waals surface area contributed by atoms with Crippen LogP contribution in [0.3, 0.4) is 0 Å². The fourth-order valence-electron chi connectivity index (χ4n) is 2.37. The lowest BCUT2D eigenvalue weighted by Crippen LogP contribution is -2.14. The van der Waals surface area contributed by atoms with E-state index in [1.165, 1.54) is 48.5 Å². The summed E-state index contributed by atoms with van der Waals surface area (Å²) in [5.74, 6) is -0.683. The van der Waals surface area contributed by atoms with E-state index in [4.69, 9.17) is 34.8 Å². The fraction of sp³-hybridized carbons (Fsp3) is 0. The lowest BCUT2D eigenvalue weighted by Gasteiger charge is -2.11. The zero-order valence-corrected chi connectivity index (χ0v) is 18.6. The highest BCUT2D eigenvalue weighted by Crippen LogP contribution is 2.26. The summed E-state index contributed by atoms with van der Waals surface area (Å²) in [7, 11) is -8.01. The van der Waals surface area contributed by atoms with E-state index in [0.29, 0.717) is 0 Å². The minimum absolute atomic E-state index is 0.0732. The van der Waals surface area contributed by atoms with Crippen LogP contribution in [0.5, 0.6) is 0 Å². The quantitative estimate of drug-likeness (QED) is 0.466. The molecule has 2 N–H and O–H groups in total. The van der Waals surface area contributed by atoms with Crippen molar-refractivity contribution in [2.75, 3.05) is 9.44 Å². The Labute approximate surface area is 187 Å². The number of anilines is 2. The van der Waals surface area contributed by atoms with Crippen LogP contribution in [-0.4, -0.2) is 16.8 Å². The SMILES string of the molecule is O=S(=O)(Nc1ccc(F)c(Cl)c1)c1ccc(NS(=O)(=O)c2cc(Cl)cc(Cl)c2)cc1. The largest absolute Gasteiger partial charge is 0.280 e. The number of halogens is 4. The first kappa shape index (κ1) is 22.6. The van der Waals surface area contributed by atoms with E-state index in [9.17, 15) is 21.2 Å². The third-order valence-corrected chi connectivity index (χ3v) is 7.22. The molecule has 0 saturated carbocycles.